The number of aryl methyl sites for hydroxylation is 1. The molecule has 3 nitrogen and oxygen atoms in total. The van der Waals surface area contributed by atoms with Gasteiger partial charge in [0.15, 0.2) is 0 Å². The molecule has 0 N–H and O–H groups in total. The summed E-state index contributed by atoms with van der Waals surface area (Å²) in [5.41, 5.74) is 8.13. The summed E-state index contributed by atoms with van der Waals surface area (Å²) in [4.78, 5) is 8.73. The van der Waals surface area contributed by atoms with Crippen molar-refractivity contribution in [3.05, 3.63) is 121 Å². The Labute approximate surface area is 225 Å². The summed E-state index contributed by atoms with van der Waals surface area (Å²) in [6.07, 6.45) is 3.60. The summed E-state index contributed by atoms with van der Waals surface area (Å²) in [7, 11) is 0. The summed E-state index contributed by atoms with van der Waals surface area (Å²) >= 11 is 0. The Bertz CT molecular complexity index is 1570. The van der Waals surface area contributed by atoms with E-state index in [1.54, 1.807) is 6.20 Å². The number of benzene rings is 3. The van der Waals surface area contributed by atoms with Gasteiger partial charge in [-0.2, -0.15) is 0 Å². The number of rotatable bonds is 3. The maximum absolute atomic E-state index is 6.05. The largest absolute Gasteiger partial charge is 0.501 e. The normalized spacial score (nSPS) is 10.7. The molecule has 0 aliphatic rings. The van der Waals surface area contributed by atoms with Gasteiger partial charge in [0.05, 0.1) is 5.58 Å². The molecule has 0 unspecified atom stereocenters. The minimum absolute atomic E-state index is 0. The molecule has 1 radical (unpaired) electrons. The molecule has 0 aliphatic heterocycles. The number of fused-ring (bicyclic) bond motifs is 3. The van der Waals surface area contributed by atoms with E-state index in [1.807, 2.05) is 72.9 Å². The Morgan fingerprint density at radius 3 is 2.19 bits per heavy atom. The summed E-state index contributed by atoms with van der Waals surface area (Å²) in [6, 6.07) is 34.7. The SMILES string of the molecule is CC(C)c1cc[c-]c(-c2ccccn2)c1.Cc1c[c-]c(-c2ccccn2)c2oc3ccccc3c12.[Ir]. The van der Waals surface area contributed by atoms with E-state index in [4.69, 9.17) is 4.42 Å². The van der Waals surface area contributed by atoms with E-state index in [2.05, 4.69) is 61.1 Å². The van der Waals surface area contributed by atoms with Crippen LogP contribution in [0.25, 0.3) is 44.5 Å². The van der Waals surface area contributed by atoms with Crippen LogP contribution in [0.1, 0.15) is 30.9 Å². The number of aromatic nitrogens is 2. The number of hydrogen-bond acceptors (Lipinski definition) is 3. The fraction of sp³-hybridized carbons (Fsp3) is 0.125. The van der Waals surface area contributed by atoms with Crippen molar-refractivity contribution in [1.29, 1.82) is 0 Å². The first-order chi connectivity index (χ1) is 17.1. The van der Waals surface area contributed by atoms with Gasteiger partial charge in [0.25, 0.3) is 0 Å². The molecule has 0 atom stereocenters. The van der Waals surface area contributed by atoms with Crippen LogP contribution in [0.3, 0.4) is 0 Å². The Hall–Kier alpha value is -3.59. The average Bonchev–Trinajstić information content (AvgIpc) is 3.31. The van der Waals surface area contributed by atoms with Gasteiger partial charge in [-0.25, -0.2) is 0 Å². The molecule has 0 aliphatic carbocycles. The van der Waals surface area contributed by atoms with E-state index in [0.29, 0.717) is 5.92 Å². The topological polar surface area (TPSA) is 38.9 Å². The number of furan rings is 1. The van der Waals surface area contributed by atoms with Crippen LogP contribution in [-0.4, -0.2) is 9.97 Å². The third kappa shape index (κ3) is 5.31. The molecule has 0 fully saturated rings. The molecule has 3 aromatic carbocycles. The van der Waals surface area contributed by atoms with Crippen molar-refractivity contribution in [2.75, 3.05) is 0 Å². The van der Waals surface area contributed by atoms with Gasteiger partial charge in [0, 0.05) is 37.9 Å². The molecule has 0 spiro atoms. The Morgan fingerprint density at radius 1 is 0.806 bits per heavy atom. The minimum atomic E-state index is 0. The maximum Gasteiger partial charge on any atom is 0.120 e. The van der Waals surface area contributed by atoms with Gasteiger partial charge in [0.2, 0.25) is 0 Å². The Balaban J connectivity index is 0.000000172. The molecule has 3 aromatic heterocycles. The van der Waals surface area contributed by atoms with Crippen molar-refractivity contribution >= 4 is 21.9 Å². The predicted molar refractivity (Wildman–Crippen MR) is 143 cm³/mol. The van der Waals surface area contributed by atoms with Crippen molar-refractivity contribution in [2.24, 2.45) is 0 Å². The van der Waals surface area contributed by atoms with Crippen LogP contribution in [0.15, 0.2) is 102 Å². The maximum atomic E-state index is 6.05. The first-order valence-electron chi connectivity index (χ1n) is 11.8. The molecule has 0 amide bonds. The molecule has 181 valence electrons. The summed E-state index contributed by atoms with van der Waals surface area (Å²) in [6.45, 7) is 6.47. The van der Waals surface area contributed by atoms with Gasteiger partial charge in [0.1, 0.15) is 5.58 Å². The second-order valence-electron chi connectivity index (χ2n) is 8.77. The number of hydrogen-bond donors (Lipinski definition) is 0. The van der Waals surface area contributed by atoms with Crippen LogP contribution in [0, 0.1) is 19.1 Å². The zero-order valence-electron chi connectivity index (χ0n) is 20.5. The standard InChI is InChI=1S/C18H12NO.C14H14N.Ir/c1-12-9-10-13(15-7-4-5-11-19-15)18-17(12)14-6-2-3-8-16(14)20-18;1-11(2)12-6-5-7-13(10-12)14-8-3-4-9-15-14;/h2-9,11H,1H3;3-6,8-11H,1-2H3;/q2*-1;. The predicted octanol–water partition coefficient (Wildman–Crippen LogP) is 8.43. The quantitative estimate of drug-likeness (QED) is 0.181. The Kier molecular flexibility index (Phi) is 8.10. The van der Waals surface area contributed by atoms with Crippen molar-refractivity contribution in [1.82, 2.24) is 9.97 Å². The molecule has 4 heteroatoms. The summed E-state index contributed by atoms with van der Waals surface area (Å²) in [5.74, 6) is 0.544. The zero-order chi connectivity index (χ0) is 24.2. The first kappa shape index (κ1) is 25.5. The molecule has 6 aromatic rings. The molecule has 0 bridgehead atoms. The van der Waals surface area contributed by atoms with Crippen LogP contribution in [-0.2, 0) is 20.1 Å². The monoisotopic (exact) mass is 647 g/mol. The third-order valence-corrected chi connectivity index (χ3v) is 6.00. The average molecular weight is 647 g/mol. The van der Waals surface area contributed by atoms with Gasteiger partial charge < -0.3 is 14.4 Å². The van der Waals surface area contributed by atoms with Crippen LogP contribution in [0.4, 0.5) is 0 Å². The van der Waals surface area contributed by atoms with Crippen molar-refractivity contribution in [3.8, 4) is 22.5 Å². The van der Waals surface area contributed by atoms with Crippen LogP contribution in [0.5, 0.6) is 0 Å². The first-order valence-corrected chi connectivity index (χ1v) is 11.8. The van der Waals surface area contributed by atoms with Crippen LogP contribution >= 0.6 is 0 Å². The van der Waals surface area contributed by atoms with Crippen LogP contribution < -0.4 is 0 Å². The van der Waals surface area contributed by atoms with Gasteiger partial charge in [-0.05, 0) is 35.5 Å². The zero-order valence-corrected chi connectivity index (χ0v) is 22.8. The summed E-state index contributed by atoms with van der Waals surface area (Å²) < 4.78 is 6.05. The molecule has 3 heterocycles. The van der Waals surface area contributed by atoms with Crippen molar-refractivity contribution in [3.63, 3.8) is 0 Å². The van der Waals surface area contributed by atoms with E-state index >= 15 is 0 Å². The summed E-state index contributed by atoms with van der Waals surface area (Å²) in [5, 5.41) is 2.30. The number of para-hydroxylation sites is 1. The van der Waals surface area contributed by atoms with E-state index in [9.17, 15) is 0 Å². The second kappa shape index (κ2) is 11.4. The molecular weight excluding hydrogens is 621 g/mol. The van der Waals surface area contributed by atoms with Gasteiger partial charge in [-0.1, -0.05) is 74.2 Å². The fourth-order valence-corrected chi connectivity index (χ4v) is 4.15. The molecular formula is C32H26IrN2O-2. The van der Waals surface area contributed by atoms with E-state index in [0.717, 1.165) is 44.5 Å². The second-order valence-corrected chi connectivity index (χ2v) is 8.77. The number of nitrogens with zero attached hydrogens (tertiary/aromatic N) is 2. The van der Waals surface area contributed by atoms with E-state index in [-0.39, 0.29) is 20.1 Å². The molecule has 36 heavy (non-hydrogen) atoms. The molecule has 0 saturated heterocycles. The smallest absolute Gasteiger partial charge is 0.120 e. The van der Waals surface area contributed by atoms with Crippen molar-refractivity contribution < 1.29 is 24.5 Å². The molecule has 6 rings (SSSR count). The van der Waals surface area contributed by atoms with E-state index in [1.165, 1.54) is 11.1 Å². The third-order valence-electron chi connectivity index (χ3n) is 6.00. The Morgan fingerprint density at radius 2 is 1.50 bits per heavy atom. The van der Waals surface area contributed by atoms with Crippen molar-refractivity contribution in [2.45, 2.75) is 26.7 Å². The number of pyridine rings is 2. The van der Waals surface area contributed by atoms with Gasteiger partial charge in [-0.3, -0.25) is 0 Å². The van der Waals surface area contributed by atoms with Gasteiger partial charge >= 0.3 is 0 Å². The molecule has 0 saturated carbocycles. The minimum Gasteiger partial charge on any atom is -0.501 e. The fourth-order valence-electron chi connectivity index (χ4n) is 4.15. The van der Waals surface area contributed by atoms with Gasteiger partial charge in [-0.15, -0.1) is 53.1 Å². The van der Waals surface area contributed by atoms with Crippen LogP contribution in [0.2, 0.25) is 0 Å². The van der Waals surface area contributed by atoms with E-state index < -0.39 is 0 Å².